The van der Waals surface area contributed by atoms with Crippen LogP contribution < -0.4 is 10.1 Å². The average Bonchev–Trinajstić information content (AvgIpc) is 2.71. The number of aliphatic hydroxyl groups excluding tert-OH is 1. The molecule has 1 heterocycles. The molecule has 2 aromatic carbocycles. The Morgan fingerprint density at radius 2 is 1.82 bits per heavy atom. The number of hydrogen-bond donors (Lipinski definition) is 3. The number of β-amino-alcohol motifs (C(OH)–C–C–N with tert-alkyl or cyclic N) is 1. The average molecular weight is 384 g/mol. The summed E-state index contributed by atoms with van der Waals surface area (Å²) in [5, 5.41) is 24.3. The number of ether oxygens (including phenoxy) is 1. The van der Waals surface area contributed by atoms with Crippen LogP contribution in [0.1, 0.15) is 12.0 Å². The number of carbonyl (C=O) groups excluding carboxylic acids is 1. The maximum Gasteiger partial charge on any atom is 0.227 e. The second-order valence-electron chi connectivity index (χ2n) is 7.22. The van der Waals surface area contributed by atoms with Crippen molar-refractivity contribution >= 4 is 5.91 Å². The van der Waals surface area contributed by atoms with Crippen molar-refractivity contribution in [2.24, 2.45) is 0 Å². The van der Waals surface area contributed by atoms with E-state index in [1.54, 1.807) is 4.90 Å². The van der Waals surface area contributed by atoms with Gasteiger partial charge in [0.15, 0.2) is 0 Å². The predicted molar refractivity (Wildman–Crippen MR) is 107 cm³/mol. The summed E-state index contributed by atoms with van der Waals surface area (Å²) in [4.78, 5) is 14.2. The van der Waals surface area contributed by atoms with Crippen LogP contribution in [0.4, 0.5) is 0 Å². The molecule has 1 aliphatic heterocycles. The van der Waals surface area contributed by atoms with Gasteiger partial charge in [-0.25, -0.2) is 0 Å². The molecule has 1 amide bonds. The minimum Gasteiger partial charge on any atom is -0.492 e. The van der Waals surface area contributed by atoms with E-state index in [1.807, 2.05) is 60.7 Å². The first-order chi connectivity index (χ1) is 13.6. The standard InChI is InChI=1S/C22H28N2O4/c25-20-11-13-24(21(26)15-18-7-3-1-4-8-18)17-22(20,27)16-23-12-14-28-19-9-5-2-6-10-19/h1-10,20,23,25,27H,11-17H2/t20-,22+/m0/s1. The highest BCUT2D eigenvalue weighted by Crippen LogP contribution is 2.22. The van der Waals surface area contributed by atoms with E-state index in [9.17, 15) is 15.0 Å². The quantitative estimate of drug-likeness (QED) is 0.597. The van der Waals surface area contributed by atoms with E-state index in [2.05, 4.69) is 5.32 Å². The van der Waals surface area contributed by atoms with E-state index in [-0.39, 0.29) is 19.0 Å². The van der Waals surface area contributed by atoms with Crippen molar-refractivity contribution in [3.63, 3.8) is 0 Å². The Labute approximate surface area is 165 Å². The smallest absolute Gasteiger partial charge is 0.227 e. The van der Waals surface area contributed by atoms with E-state index in [4.69, 9.17) is 4.74 Å². The summed E-state index contributed by atoms with van der Waals surface area (Å²) in [5.74, 6) is 0.752. The lowest BCUT2D eigenvalue weighted by atomic mass is 9.89. The summed E-state index contributed by atoms with van der Waals surface area (Å²) in [6.45, 7) is 1.74. The number of hydrogen-bond acceptors (Lipinski definition) is 5. The Morgan fingerprint density at radius 3 is 2.54 bits per heavy atom. The van der Waals surface area contributed by atoms with Gasteiger partial charge in [-0.2, -0.15) is 0 Å². The molecule has 1 aliphatic rings. The molecule has 3 N–H and O–H groups in total. The second kappa shape index (κ2) is 9.68. The van der Waals surface area contributed by atoms with Crippen molar-refractivity contribution in [2.75, 3.05) is 32.8 Å². The Balaban J connectivity index is 1.46. The fraction of sp³-hybridized carbons (Fsp3) is 0.409. The number of nitrogens with zero attached hydrogens (tertiary/aromatic N) is 1. The summed E-state index contributed by atoms with van der Waals surface area (Å²) >= 11 is 0. The van der Waals surface area contributed by atoms with Crippen LogP contribution in [0.15, 0.2) is 60.7 Å². The molecule has 3 rings (SSSR count). The first-order valence-electron chi connectivity index (χ1n) is 9.67. The maximum absolute atomic E-state index is 12.6. The van der Waals surface area contributed by atoms with Gasteiger partial charge < -0.3 is 25.2 Å². The molecule has 1 fully saturated rings. The van der Waals surface area contributed by atoms with Crippen molar-refractivity contribution in [3.8, 4) is 5.75 Å². The van der Waals surface area contributed by atoms with E-state index in [0.29, 0.717) is 32.5 Å². The molecule has 28 heavy (non-hydrogen) atoms. The van der Waals surface area contributed by atoms with Gasteiger partial charge in [0.25, 0.3) is 0 Å². The van der Waals surface area contributed by atoms with Gasteiger partial charge in [-0.15, -0.1) is 0 Å². The normalized spacial score (nSPS) is 22.1. The third-order valence-electron chi connectivity index (χ3n) is 5.03. The van der Waals surface area contributed by atoms with E-state index in [1.165, 1.54) is 0 Å². The van der Waals surface area contributed by atoms with Crippen molar-refractivity contribution in [2.45, 2.75) is 24.5 Å². The fourth-order valence-electron chi connectivity index (χ4n) is 3.39. The molecule has 2 aromatic rings. The number of para-hydroxylation sites is 1. The zero-order valence-electron chi connectivity index (χ0n) is 16.0. The minimum atomic E-state index is -1.36. The predicted octanol–water partition coefficient (Wildman–Crippen LogP) is 1.22. The second-order valence-corrected chi connectivity index (χ2v) is 7.22. The first kappa shape index (κ1) is 20.3. The molecule has 1 saturated heterocycles. The summed E-state index contributed by atoms with van der Waals surface area (Å²) < 4.78 is 5.61. The van der Waals surface area contributed by atoms with Crippen LogP contribution in [0.3, 0.4) is 0 Å². The van der Waals surface area contributed by atoms with Gasteiger partial charge >= 0.3 is 0 Å². The number of nitrogens with one attached hydrogen (secondary N) is 1. The van der Waals surface area contributed by atoms with Crippen molar-refractivity contribution < 1.29 is 19.7 Å². The first-order valence-corrected chi connectivity index (χ1v) is 9.67. The van der Waals surface area contributed by atoms with Crippen LogP contribution >= 0.6 is 0 Å². The molecule has 0 aromatic heterocycles. The summed E-state index contributed by atoms with van der Waals surface area (Å²) in [5.41, 5.74) is -0.421. The topological polar surface area (TPSA) is 82.0 Å². The SMILES string of the molecule is O=C(Cc1ccccc1)N1CC[C@H](O)[C@@](O)(CNCCOc2ccccc2)C1. The number of aliphatic hydroxyl groups is 2. The van der Waals surface area contributed by atoms with Gasteiger partial charge in [0, 0.05) is 19.6 Å². The van der Waals surface area contributed by atoms with E-state index in [0.717, 1.165) is 11.3 Å². The monoisotopic (exact) mass is 384 g/mol. The van der Waals surface area contributed by atoms with Crippen LogP contribution in [-0.2, 0) is 11.2 Å². The molecule has 150 valence electrons. The Bertz CT molecular complexity index is 741. The fourth-order valence-corrected chi connectivity index (χ4v) is 3.39. The molecule has 0 saturated carbocycles. The number of rotatable bonds is 8. The number of benzene rings is 2. The molecule has 6 nitrogen and oxygen atoms in total. The summed E-state index contributed by atoms with van der Waals surface area (Å²) in [6, 6.07) is 19.1. The maximum atomic E-state index is 12.6. The van der Waals surface area contributed by atoms with Gasteiger partial charge in [-0.3, -0.25) is 4.79 Å². The zero-order valence-corrected chi connectivity index (χ0v) is 16.0. The number of amides is 1. The molecule has 0 bridgehead atoms. The Hall–Kier alpha value is -2.41. The lowest BCUT2D eigenvalue weighted by Gasteiger charge is -2.43. The third-order valence-corrected chi connectivity index (χ3v) is 5.03. The minimum absolute atomic E-state index is 0.0380. The largest absolute Gasteiger partial charge is 0.492 e. The van der Waals surface area contributed by atoms with Crippen LogP contribution in [0, 0.1) is 0 Å². The van der Waals surface area contributed by atoms with Crippen LogP contribution in [0.5, 0.6) is 5.75 Å². The van der Waals surface area contributed by atoms with Gasteiger partial charge in [0.05, 0.1) is 19.1 Å². The van der Waals surface area contributed by atoms with Crippen molar-refractivity contribution in [3.05, 3.63) is 66.2 Å². The number of likely N-dealkylation sites (tertiary alicyclic amines) is 1. The highest BCUT2D eigenvalue weighted by molar-refractivity contribution is 5.79. The Kier molecular flexibility index (Phi) is 7.03. The molecule has 2 atom stereocenters. The van der Waals surface area contributed by atoms with Gasteiger partial charge in [0.1, 0.15) is 18.0 Å². The van der Waals surface area contributed by atoms with E-state index < -0.39 is 11.7 Å². The summed E-state index contributed by atoms with van der Waals surface area (Å²) in [6.07, 6.45) is -0.208. The molecule has 6 heteroatoms. The van der Waals surface area contributed by atoms with Crippen molar-refractivity contribution in [1.29, 1.82) is 0 Å². The van der Waals surface area contributed by atoms with Crippen molar-refractivity contribution in [1.82, 2.24) is 10.2 Å². The third kappa shape index (κ3) is 5.55. The molecule has 0 spiro atoms. The number of carbonyl (C=O) groups is 1. The molecule has 0 aliphatic carbocycles. The lowest BCUT2D eigenvalue weighted by molar-refractivity contribution is -0.150. The van der Waals surface area contributed by atoms with Gasteiger partial charge in [-0.05, 0) is 24.1 Å². The van der Waals surface area contributed by atoms with Gasteiger partial charge in [0.2, 0.25) is 5.91 Å². The van der Waals surface area contributed by atoms with Crippen LogP contribution in [0.2, 0.25) is 0 Å². The lowest BCUT2D eigenvalue weighted by Crippen LogP contribution is -2.62. The molecular formula is C22H28N2O4. The van der Waals surface area contributed by atoms with E-state index >= 15 is 0 Å². The molecule has 0 unspecified atom stereocenters. The number of piperidine rings is 1. The molecular weight excluding hydrogens is 356 g/mol. The van der Waals surface area contributed by atoms with Crippen LogP contribution in [-0.4, -0.2) is 65.5 Å². The molecule has 0 radical (unpaired) electrons. The highest BCUT2D eigenvalue weighted by Gasteiger charge is 2.42. The van der Waals surface area contributed by atoms with Gasteiger partial charge in [-0.1, -0.05) is 48.5 Å². The van der Waals surface area contributed by atoms with Crippen LogP contribution in [0.25, 0.3) is 0 Å². The Morgan fingerprint density at radius 1 is 1.14 bits per heavy atom. The highest BCUT2D eigenvalue weighted by atomic mass is 16.5. The summed E-state index contributed by atoms with van der Waals surface area (Å²) in [7, 11) is 0. The zero-order chi connectivity index (χ0) is 19.8.